The summed E-state index contributed by atoms with van der Waals surface area (Å²) in [5, 5.41) is 12.1. The van der Waals surface area contributed by atoms with E-state index in [1.165, 1.54) is 0 Å². The molecule has 0 spiro atoms. The summed E-state index contributed by atoms with van der Waals surface area (Å²) < 4.78 is 5.46. The smallest absolute Gasteiger partial charge is 0.327 e. The molecule has 0 aliphatic carbocycles. The number of carbonyl (C=O) groups excluding carboxylic acids is 1. The normalized spacial score (nSPS) is 12.3. The summed E-state index contributed by atoms with van der Waals surface area (Å²) in [6, 6.07) is 6.22. The number of nitrogens with one attached hydrogen (secondary N) is 1. The molecule has 0 saturated carbocycles. The number of amides is 1. The number of carboxylic acid groups (broad SMARTS) is 1. The highest BCUT2D eigenvalue weighted by atomic mass is 32.1. The Morgan fingerprint density at radius 3 is 2.68 bits per heavy atom. The first kappa shape index (κ1) is 13.5. The number of aryl methyl sites for hydroxylation is 1. The van der Waals surface area contributed by atoms with Crippen LogP contribution in [-0.4, -0.2) is 28.8 Å². The van der Waals surface area contributed by atoms with E-state index in [0.717, 1.165) is 5.39 Å². The summed E-state index contributed by atoms with van der Waals surface area (Å²) in [5.41, 5.74) is 1.29. The van der Waals surface area contributed by atoms with E-state index in [-0.39, 0.29) is 11.5 Å². The zero-order valence-electron chi connectivity index (χ0n) is 10.2. The van der Waals surface area contributed by atoms with Crippen LogP contribution in [0.1, 0.15) is 16.1 Å². The quantitative estimate of drug-likeness (QED) is 0.746. The van der Waals surface area contributed by atoms with Crippen LogP contribution in [0.4, 0.5) is 0 Å². The van der Waals surface area contributed by atoms with Gasteiger partial charge in [0.1, 0.15) is 11.6 Å². The molecule has 0 fully saturated rings. The molecule has 2 N–H and O–H groups in total. The van der Waals surface area contributed by atoms with Crippen molar-refractivity contribution in [2.24, 2.45) is 0 Å². The van der Waals surface area contributed by atoms with Crippen molar-refractivity contribution in [2.75, 3.05) is 5.75 Å². The molecule has 0 aliphatic rings. The van der Waals surface area contributed by atoms with Gasteiger partial charge in [0.25, 0.3) is 5.91 Å². The van der Waals surface area contributed by atoms with Gasteiger partial charge in [-0.05, 0) is 13.0 Å². The number of hydrogen-bond donors (Lipinski definition) is 3. The fourth-order valence-electron chi connectivity index (χ4n) is 1.80. The van der Waals surface area contributed by atoms with Gasteiger partial charge in [-0.2, -0.15) is 12.6 Å². The number of thiol groups is 1. The van der Waals surface area contributed by atoms with E-state index in [0.29, 0.717) is 11.1 Å². The predicted molar refractivity (Wildman–Crippen MR) is 73.7 cm³/mol. The average Bonchev–Trinajstić information content (AvgIpc) is 2.73. The topological polar surface area (TPSA) is 79.5 Å². The highest BCUT2D eigenvalue weighted by molar-refractivity contribution is 7.80. The lowest BCUT2D eigenvalue weighted by Gasteiger charge is -2.10. The number of benzene rings is 1. The van der Waals surface area contributed by atoms with Crippen molar-refractivity contribution in [1.29, 1.82) is 0 Å². The molecule has 19 heavy (non-hydrogen) atoms. The maximum absolute atomic E-state index is 12.0. The first-order valence-corrected chi connectivity index (χ1v) is 6.30. The molecule has 1 aromatic carbocycles. The van der Waals surface area contributed by atoms with E-state index < -0.39 is 17.9 Å². The van der Waals surface area contributed by atoms with Gasteiger partial charge < -0.3 is 14.8 Å². The number of carbonyl (C=O) groups is 2. The van der Waals surface area contributed by atoms with Crippen molar-refractivity contribution in [3.8, 4) is 0 Å². The van der Waals surface area contributed by atoms with Gasteiger partial charge in [0, 0.05) is 16.7 Å². The summed E-state index contributed by atoms with van der Waals surface area (Å²) >= 11 is 3.89. The van der Waals surface area contributed by atoms with Crippen molar-refractivity contribution in [3.63, 3.8) is 0 Å². The summed E-state index contributed by atoms with van der Waals surface area (Å²) in [7, 11) is 0. The van der Waals surface area contributed by atoms with Gasteiger partial charge in [-0.25, -0.2) is 4.79 Å². The summed E-state index contributed by atoms with van der Waals surface area (Å²) in [6.45, 7) is 1.76. The molecule has 0 bridgehead atoms. The minimum atomic E-state index is -1.13. The third-order valence-corrected chi connectivity index (χ3v) is 3.20. The lowest BCUT2D eigenvalue weighted by Crippen LogP contribution is -2.42. The van der Waals surface area contributed by atoms with Crippen LogP contribution in [-0.2, 0) is 4.79 Å². The van der Waals surface area contributed by atoms with Gasteiger partial charge in [-0.1, -0.05) is 18.2 Å². The van der Waals surface area contributed by atoms with Crippen LogP contribution in [0.3, 0.4) is 0 Å². The molecular weight excluding hydrogens is 266 g/mol. The number of fused-ring (bicyclic) bond motifs is 1. The van der Waals surface area contributed by atoms with E-state index in [2.05, 4.69) is 17.9 Å². The number of para-hydroxylation sites is 1. The molecule has 0 saturated heterocycles. The van der Waals surface area contributed by atoms with Gasteiger partial charge >= 0.3 is 5.97 Å². The predicted octanol–water partition coefficient (Wildman–Crippen LogP) is 1.85. The Morgan fingerprint density at radius 2 is 2.11 bits per heavy atom. The van der Waals surface area contributed by atoms with Crippen LogP contribution in [0, 0.1) is 6.92 Å². The van der Waals surface area contributed by atoms with Crippen molar-refractivity contribution < 1.29 is 19.1 Å². The van der Waals surface area contributed by atoms with Gasteiger partial charge in [0.2, 0.25) is 0 Å². The Hall–Kier alpha value is -1.95. The van der Waals surface area contributed by atoms with Crippen LogP contribution in [0.25, 0.3) is 11.0 Å². The fourth-order valence-corrected chi connectivity index (χ4v) is 2.05. The maximum Gasteiger partial charge on any atom is 0.327 e. The minimum Gasteiger partial charge on any atom is -0.480 e. The molecule has 0 aliphatic heterocycles. The standard InChI is InChI=1S/C13H13NO4S/c1-7-8-4-2-3-5-10(8)18-11(7)12(15)14-9(6-19)13(16)17/h2-5,9,19H,6H2,1H3,(H,14,15)(H,16,17). The van der Waals surface area contributed by atoms with Crippen LogP contribution in [0.15, 0.2) is 28.7 Å². The van der Waals surface area contributed by atoms with Gasteiger partial charge in [0.05, 0.1) is 0 Å². The number of furan rings is 1. The summed E-state index contributed by atoms with van der Waals surface area (Å²) in [6.07, 6.45) is 0. The van der Waals surface area contributed by atoms with Crippen LogP contribution in [0.2, 0.25) is 0 Å². The lowest BCUT2D eigenvalue weighted by atomic mass is 10.1. The molecule has 1 unspecified atom stereocenters. The van der Waals surface area contributed by atoms with Crippen LogP contribution < -0.4 is 5.32 Å². The zero-order chi connectivity index (χ0) is 14.0. The fraction of sp³-hybridized carbons (Fsp3) is 0.231. The first-order valence-electron chi connectivity index (χ1n) is 5.67. The Bertz CT molecular complexity index is 635. The molecule has 5 nitrogen and oxygen atoms in total. The average molecular weight is 279 g/mol. The van der Waals surface area contributed by atoms with Gasteiger partial charge in [0.15, 0.2) is 5.76 Å². The number of aliphatic carboxylic acids is 1. The second-order valence-electron chi connectivity index (χ2n) is 4.10. The van der Waals surface area contributed by atoms with Crippen molar-refractivity contribution in [2.45, 2.75) is 13.0 Å². The second kappa shape index (κ2) is 5.36. The Labute approximate surface area is 115 Å². The minimum absolute atomic E-state index is 0.0142. The highest BCUT2D eigenvalue weighted by Gasteiger charge is 2.23. The third-order valence-electron chi connectivity index (χ3n) is 2.84. The Kier molecular flexibility index (Phi) is 3.80. The Morgan fingerprint density at radius 1 is 1.42 bits per heavy atom. The third kappa shape index (κ3) is 2.58. The van der Waals surface area contributed by atoms with Crippen molar-refractivity contribution in [1.82, 2.24) is 5.32 Å². The number of carboxylic acids is 1. The molecule has 1 amide bonds. The second-order valence-corrected chi connectivity index (χ2v) is 4.46. The SMILES string of the molecule is Cc1c(C(=O)NC(CS)C(=O)O)oc2ccccc12. The monoisotopic (exact) mass is 279 g/mol. The molecule has 2 aromatic rings. The molecule has 1 aromatic heterocycles. The molecule has 0 radical (unpaired) electrons. The molecule has 6 heteroatoms. The van der Waals surface area contributed by atoms with Gasteiger partial charge in [-0.3, -0.25) is 4.79 Å². The maximum atomic E-state index is 12.0. The van der Waals surface area contributed by atoms with Crippen LogP contribution >= 0.6 is 12.6 Å². The molecule has 1 heterocycles. The molecular formula is C13H13NO4S. The van der Waals surface area contributed by atoms with E-state index in [9.17, 15) is 9.59 Å². The number of hydrogen-bond acceptors (Lipinski definition) is 4. The van der Waals surface area contributed by atoms with E-state index >= 15 is 0 Å². The molecule has 2 rings (SSSR count). The summed E-state index contributed by atoms with van der Waals surface area (Å²) in [4.78, 5) is 22.9. The van der Waals surface area contributed by atoms with Gasteiger partial charge in [-0.15, -0.1) is 0 Å². The Balaban J connectivity index is 2.31. The molecule has 1 atom stereocenters. The zero-order valence-corrected chi connectivity index (χ0v) is 11.1. The van der Waals surface area contributed by atoms with Crippen LogP contribution in [0.5, 0.6) is 0 Å². The number of rotatable bonds is 4. The van der Waals surface area contributed by atoms with E-state index in [1.807, 2.05) is 12.1 Å². The van der Waals surface area contributed by atoms with Crippen molar-refractivity contribution >= 4 is 35.5 Å². The lowest BCUT2D eigenvalue weighted by molar-refractivity contribution is -0.138. The van der Waals surface area contributed by atoms with E-state index in [1.54, 1.807) is 19.1 Å². The van der Waals surface area contributed by atoms with Crippen molar-refractivity contribution in [3.05, 3.63) is 35.6 Å². The summed E-state index contributed by atoms with van der Waals surface area (Å²) in [5.74, 6) is -1.53. The molecule has 100 valence electrons. The largest absolute Gasteiger partial charge is 0.480 e. The highest BCUT2D eigenvalue weighted by Crippen LogP contribution is 2.24. The van der Waals surface area contributed by atoms with E-state index in [4.69, 9.17) is 9.52 Å². The first-order chi connectivity index (χ1) is 9.04.